The van der Waals surface area contributed by atoms with Gasteiger partial charge in [0.25, 0.3) is 0 Å². The lowest BCUT2D eigenvalue weighted by atomic mass is 9.89. The van der Waals surface area contributed by atoms with E-state index in [1.165, 1.54) is 11.1 Å². The first kappa shape index (κ1) is 14.3. The van der Waals surface area contributed by atoms with Gasteiger partial charge in [-0.25, -0.2) is 4.21 Å². The zero-order valence-corrected chi connectivity index (χ0v) is 13.6. The first-order valence-electron chi connectivity index (χ1n) is 7.40. The second kappa shape index (κ2) is 5.30. The highest BCUT2D eigenvalue weighted by atomic mass is 32.2. The molecule has 1 unspecified atom stereocenters. The lowest BCUT2D eigenvalue weighted by Gasteiger charge is -2.28. The largest absolute Gasteiger partial charge is 0.244 e. The summed E-state index contributed by atoms with van der Waals surface area (Å²) in [6.45, 7) is 6.43. The van der Waals surface area contributed by atoms with Crippen molar-refractivity contribution in [1.29, 1.82) is 0 Å². The third-order valence-corrected chi connectivity index (χ3v) is 6.49. The van der Waals surface area contributed by atoms with Crippen molar-refractivity contribution in [2.24, 2.45) is 10.3 Å². The zero-order chi connectivity index (χ0) is 15.0. The van der Waals surface area contributed by atoms with E-state index >= 15 is 0 Å². The fourth-order valence-electron chi connectivity index (χ4n) is 2.86. The first-order chi connectivity index (χ1) is 9.99. The van der Waals surface area contributed by atoms with Crippen LogP contribution in [0.3, 0.4) is 0 Å². The Balaban J connectivity index is 2.18. The summed E-state index contributed by atoms with van der Waals surface area (Å²) in [5.74, 6) is 1.37. The zero-order valence-electron chi connectivity index (χ0n) is 12.7. The lowest BCUT2D eigenvalue weighted by molar-refractivity contribution is 0.531. The molecule has 1 aliphatic heterocycles. The van der Waals surface area contributed by atoms with Crippen molar-refractivity contribution in [3.63, 3.8) is 0 Å². The van der Waals surface area contributed by atoms with Crippen molar-refractivity contribution in [3.8, 4) is 0 Å². The topological polar surface area (TPSA) is 29.4 Å². The van der Waals surface area contributed by atoms with E-state index in [9.17, 15) is 4.21 Å². The highest BCUT2D eigenvalue weighted by Gasteiger charge is 2.29. The average Bonchev–Trinajstić information content (AvgIpc) is 2.46. The predicted octanol–water partition coefficient (Wildman–Crippen LogP) is 4.91. The van der Waals surface area contributed by atoms with E-state index in [1.807, 2.05) is 49.4 Å². The van der Waals surface area contributed by atoms with Crippen LogP contribution < -0.4 is 0 Å². The van der Waals surface area contributed by atoms with Gasteiger partial charge in [0.15, 0.2) is 0 Å². The van der Waals surface area contributed by atoms with Gasteiger partial charge in [0, 0.05) is 16.6 Å². The standard InChI is InChI=1S/C18H21NOS/c1-13(2)17-12-21(20,15-10-8-14(3)9-11-15)19-18-7-5-4-6-16(17)18/h4-11,13,17H,12H2,1-3H3/t17-,21?/m1/s1. The molecule has 2 atom stereocenters. The van der Waals surface area contributed by atoms with Crippen molar-refractivity contribution in [2.75, 3.05) is 5.75 Å². The Hall–Kier alpha value is -1.61. The molecule has 0 bridgehead atoms. The third kappa shape index (κ3) is 2.62. The van der Waals surface area contributed by atoms with E-state index in [-0.39, 0.29) is 0 Å². The molecule has 1 aliphatic rings. The Morgan fingerprint density at radius 3 is 2.43 bits per heavy atom. The van der Waals surface area contributed by atoms with Crippen molar-refractivity contribution in [3.05, 3.63) is 59.7 Å². The maximum absolute atomic E-state index is 13.4. The summed E-state index contributed by atoms with van der Waals surface area (Å²) in [5.41, 5.74) is 3.31. The van der Waals surface area contributed by atoms with Gasteiger partial charge in [0.2, 0.25) is 0 Å². The molecule has 0 saturated carbocycles. The van der Waals surface area contributed by atoms with Gasteiger partial charge in [0.1, 0.15) is 0 Å². The van der Waals surface area contributed by atoms with Gasteiger partial charge < -0.3 is 0 Å². The number of hydrogen-bond donors (Lipinski definition) is 0. The van der Waals surface area contributed by atoms with Crippen molar-refractivity contribution in [1.82, 2.24) is 0 Å². The number of benzene rings is 2. The van der Waals surface area contributed by atoms with Gasteiger partial charge in [-0.2, -0.15) is 4.36 Å². The molecule has 3 heteroatoms. The number of hydrogen-bond acceptors (Lipinski definition) is 2. The quantitative estimate of drug-likeness (QED) is 0.775. The molecule has 0 saturated heterocycles. The monoisotopic (exact) mass is 299 g/mol. The average molecular weight is 299 g/mol. The van der Waals surface area contributed by atoms with Crippen molar-refractivity contribution >= 4 is 15.4 Å². The van der Waals surface area contributed by atoms with Crippen LogP contribution in [-0.4, -0.2) is 9.96 Å². The van der Waals surface area contributed by atoms with E-state index in [2.05, 4.69) is 24.3 Å². The summed E-state index contributed by atoms with van der Waals surface area (Å²) < 4.78 is 18.1. The first-order valence-corrected chi connectivity index (χ1v) is 9.08. The Morgan fingerprint density at radius 1 is 1.10 bits per heavy atom. The minimum atomic E-state index is -2.37. The van der Waals surface area contributed by atoms with E-state index in [4.69, 9.17) is 0 Å². The number of aryl methyl sites for hydroxylation is 1. The minimum Gasteiger partial charge on any atom is -0.244 e. The van der Waals surface area contributed by atoms with E-state index in [0.717, 1.165) is 10.6 Å². The Bertz CT molecular complexity index is 768. The molecular formula is C18H21NOS. The van der Waals surface area contributed by atoms with Gasteiger partial charge in [0.05, 0.1) is 15.4 Å². The second-order valence-corrected chi connectivity index (χ2v) is 8.39. The second-order valence-electron chi connectivity index (χ2n) is 6.12. The molecule has 2 nitrogen and oxygen atoms in total. The van der Waals surface area contributed by atoms with E-state index < -0.39 is 9.73 Å². The Morgan fingerprint density at radius 2 is 1.76 bits per heavy atom. The van der Waals surface area contributed by atoms with E-state index in [1.54, 1.807) is 0 Å². The molecule has 0 fully saturated rings. The predicted molar refractivity (Wildman–Crippen MR) is 88.6 cm³/mol. The smallest absolute Gasteiger partial charge is 0.0806 e. The molecule has 2 aromatic rings. The summed E-state index contributed by atoms with van der Waals surface area (Å²) in [6.07, 6.45) is 0. The van der Waals surface area contributed by atoms with Crippen molar-refractivity contribution < 1.29 is 4.21 Å². The lowest BCUT2D eigenvalue weighted by Crippen LogP contribution is -2.22. The van der Waals surface area contributed by atoms with Crippen LogP contribution in [0.5, 0.6) is 0 Å². The molecule has 110 valence electrons. The summed E-state index contributed by atoms with van der Waals surface area (Å²) in [5, 5.41) is 0. The molecule has 0 amide bonds. The molecule has 0 aromatic heterocycles. The van der Waals surface area contributed by atoms with Crippen LogP contribution in [0, 0.1) is 12.8 Å². The van der Waals surface area contributed by atoms with Gasteiger partial charge in [-0.1, -0.05) is 49.7 Å². The van der Waals surface area contributed by atoms with Crippen molar-refractivity contribution in [2.45, 2.75) is 31.6 Å². The molecule has 0 aliphatic carbocycles. The molecular weight excluding hydrogens is 278 g/mol. The van der Waals surface area contributed by atoms with Crippen LogP contribution >= 0.6 is 0 Å². The van der Waals surface area contributed by atoms with Crippen LogP contribution in [0.4, 0.5) is 5.69 Å². The van der Waals surface area contributed by atoms with Crippen LogP contribution in [0.25, 0.3) is 0 Å². The molecule has 0 spiro atoms. The summed E-state index contributed by atoms with van der Waals surface area (Å²) >= 11 is 0. The minimum absolute atomic E-state index is 0.299. The molecule has 2 aromatic carbocycles. The normalized spacial score (nSPS) is 24.5. The fraction of sp³-hybridized carbons (Fsp3) is 0.333. The Kier molecular flexibility index (Phi) is 3.62. The van der Waals surface area contributed by atoms with Crippen LogP contribution in [-0.2, 0) is 9.73 Å². The molecule has 1 heterocycles. The van der Waals surface area contributed by atoms with Crippen LogP contribution in [0.15, 0.2) is 57.8 Å². The summed E-state index contributed by atoms with van der Waals surface area (Å²) in [6, 6.07) is 16.1. The van der Waals surface area contributed by atoms with E-state index in [0.29, 0.717) is 17.6 Å². The highest BCUT2D eigenvalue weighted by Crippen LogP contribution is 2.40. The molecule has 0 radical (unpaired) electrons. The van der Waals surface area contributed by atoms with Gasteiger partial charge in [-0.15, -0.1) is 0 Å². The maximum atomic E-state index is 13.4. The number of fused-ring (bicyclic) bond motifs is 1. The number of nitrogens with zero attached hydrogens (tertiary/aromatic N) is 1. The van der Waals surface area contributed by atoms with Crippen LogP contribution in [0.2, 0.25) is 0 Å². The summed E-state index contributed by atoms with van der Waals surface area (Å²) in [4.78, 5) is 0.855. The fourth-order valence-corrected chi connectivity index (χ4v) is 5.33. The SMILES string of the molecule is Cc1ccc(S2(=O)=Nc3ccccc3[C@@H](C(C)C)C2)cc1. The molecule has 0 N–H and O–H groups in total. The van der Waals surface area contributed by atoms with Gasteiger partial charge in [-0.3, -0.25) is 0 Å². The number of rotatable bonds is 2. The highest BCUT2D eigenvalue weighted by molar-refractivity contribution is 7.93. The van der Waals surface area contributed by atoms with Gasteiger partial charge >= 0.3 is 0 Å². The summed E-state index contributed by atoms with van der Waals surface area (Å²) in [7, 11) is -2.37. The Labute approximate surface area is 127 Å². The van der Waals surface area contributed by atoms with Crippen LogP contribution in [0.1, 0.15) is 30.9 Å². The maximum Gasteiger partial charge on any atom is 0.0806 e. The molecule has 3 rings (SSSR count). The van der Waals surface area contributed by atoms with Gasteiger partial charge in [-0.05, 0) is 36.6 Å². The molecule has 21 heavy (non-hydrogen) atoms. The third-order valence-electron chi connectivity index (χ3n) is 4.18.